The van der Waals surface area contributed by atoms with Crippen LogP contribution in [-0.2, 0) is 20.8 Å². The van der Waals surface area contributed by atoms with Gasteiger partial charge in [-0.25, -0.2) is 4.79 Å². The minimum Gasteiger partial charge on any atom is -0.480 e. The molecule has 136 valence electrons. The summed E-state index contributed by atoms with van der Waals surface area (Å²) in [5, 5.41) is 15.4. The first-order chi connectivity index (χ1) is 11.8. The zero-order valence-corrected chi connectivity index (χ0v) is 15.1. The van der Waals surface area contributed by atoms with Crippen molar-refractivity contribution in [1.29, 1.82) is 0 Å². The highest BCUT2D eigenvalue weighted by molar-refractivity contribution is 6.34. The molecule has 3 N–H and O–H groups in total. The van der Waals surface area contributed by atoms with Crippen LogP contribution in [0.4, 0.5) is 0 Å². The van der Waals surface area contributed by atoms with Crippen LogP contribution in [0.1, 0.15) is 31.2 Å². The van der Waals surface area contributed by atoms with Gasteiger partial charge in [0.1, 0.15) is 6.04 Å². The minimum atomic E-state index is -1.13. The fraction of sp³-hybridized carbons (Fsp3) is 0.471. The molecule has 0 saturated heterocycles. The van der Waals surface area contributed by atoms with Crippen LogP contribution in [0, 0.1) is 5.92 Å². The molecule has 0 bridgehead atoms. The Hall–Kier alpha value is -1.79. The Bertz CT molecular complexity index is 642. The molecule has 6 nitrogen and oxygen atoms in total. The number of halogens is 2. The Morgan fingerprint density at radius 3 is 2.36 bits per heavy atom. The maximum absolute atomic E-state index is 11.9. The zero-order valence-electron chi connectivity index (χ0n) is 13.6. The third-order valence-electron chi connectivity index (χ3n) is 3.82. The third kappa shape index (κ3) is 6.92. The fourth-order valence-corrected chi connectivity index (χ4v) is 2.95. The Morgan fingerprint density at radius 1 is 1.16 bits per heavy atom. The van der Waals surface area contributed by atoms with Gasteiger partial charge in [0.15, 0.2) is 0 Å². The van der Waals surface area contributed by atoms with Gasteiger partial charge in [-0.05, 0) is 43.0 Å². The molecule has 0 spiro atoms. The van der Waals surface area contributed by atoms with E-state index >= 15 is 0 Å². The van der Waals surface area contributed by atoms with Crippen molar-refractivity contribution in [2.45, 2.75) is 38.1 Å². The molecule has 2 rings (SSSR count). The van der Waals surface area contributed by atoms with Gasteiger partial charge in [0.2, 0.25) is 11.8 Å². The lowest BCUT2D eigenvalue weighted by atomic mass is 10.1. The van der Waals surface area contributed by atoms with E-state index in [0.29, 0.717) is 28.6 Å². The van der Waals surface area contributed by atoms with Gasteiger partial charge in [0.05, 0.1) is 0 Å². The van der Waals surface area contributed by atoms with Gasteiger partial charge in [-0.1, -0.05) is 23.2 Å². The number of amides is 2. The number of carboxylic acid groups (broad SMARTS) is 1. The lowest BCUT2D eigenvalue weighted by Gasteiger charge is -2.15. The van der Waals surface area contributed by atoms with Crippen molar-refractivity contribution < 1.29 is 19.5 Å². The number of rotatable bonds is 9. The SMILES string of the molecule is O=C(CCCNC(=O)C1CC1)NC(Cc1cc(Cl)cc(Cl)c1)C(=O)O. The van der Waals surface area contributed by atoms with Gasteiger partial charge in [-0.3, -0.25) is 9.59 Å². The van der Waals surface area contributed by atoms with Crippen molar-refractivity contribution in [1.82, 2.24) is 10.6 Å². The van der Waals surface area contributed by atoms with Gasteiger partial charge in [-0.15, -0.1) is 0 Å². The number of carboxylic acids is 1. The molecule has 0 aliphatic heterocycles. The van der Waals surface area contributed by atoms with Crippen molar-refractivity contribution in [3.05, 3.63) is 33.8 Å². The van der Waals surface area contributed by atoms with E-state index < -0.39 is 12.0 Å². The Morgan fingerprint density at radius 2 is 1.80 bits per heavy atom. The average Bonchev–Trinajstić information content (AvgIpc) is 3.34. The fourth-order valence-electron chi connectivity index (χ4n) is 2.38. The van der Waals surface area contributed by atoms with Crippen molar-refractivity contribution in [3.8, 4) is 0 Å². The molecule has 2 amide bonds. The molecular formula is C17H20Cl2N2O4. The quantitative estimate of drug-likeness (QED) is 0.567. The number of benzene rings is 1. The van der Waals surface area contributed by atoms with Crippen LogP contribution in [0.15, 0.2) is 18.2 Å². The zero-order chi connectivity index (χ0) is 18.4. The summed E-state index contributed by atoms with van der Waals surface area (Å²) in [6, 6.07) is 3.71. The molecule has 1 atom stereocenters. The second-order valence-electron chi connectivity index (χ2n) is 6.11. The summed E-state index contributed by atoms with van der Waals surface area (Å²) in [7, 11) is 0. The minimum absolute atomic E-state index is 0.0293. The summed E-state index contributed by atoms with van der Waals surface area (Å²) in [4.78, 5) is 34.8. The summed E-state index contributed by atoms with van der Waals surface area (Å²) in [5.74, 6) is -1.34. The van der Waals surface area contributed by atoms with Crippen LogP contribution >= 0.6 is 23.2 Å². The lowest BCUT2D eigenvalue weighted by molar-refractivity contribution is -0.141. The van der Waals surface area contributed by atoms with Crippen LogP contribution in [0.3, 0.4) is 0 Å². The normalized spacial score (nSPS) is 14.6. The molecule has 1 aliphatic rings. The van der Waals surface area contributed by atoms with E-state index in [1.807, 2.05) is 0 Å². The molecule has 1 aromatic carbocycles. The van der Waals surface area contributed by atoms with Crippen LogP contribution in [0.25, 0.3) is 0 Å². The average molecular weight is 387 g/mol. The Labute approximate surface area is 155 Å². The predicted octanol–water partition coefficient (Wildman–Crippen LogP) is 2.41. The van der Waals surface area contributed by atoms with Crippen LogP contribution in [-0.4, -0.2) is 35.5 Å². The second kappa shape index (κ2) is 9.06. The first-order valence-corrected chi connectivity index (χ1v) is 8.85. The van der Waals surface area contributed by atoms with E-state index in [0.717, 1.165) is 12.8 Å². The van der Waals surface area contributed by atoms with Crippen molar-refractivity contribution in [2.24, 2.45) is 5.92 Å². The van der Waals surface area contributed by atoms with Crippen molar-refractivity contribution >= 4 is 41.0 Å². The lowest BCUT2D eigenvalue weighted by Crippen LogP contribution is -2.42. The monoisotopic (exact) mass is 386 g/mol. The van der Waals surface area contributed by atoms with Gasteiger partial charge < -0.3 is 15.7 Å². The predicted molar refractivity (Wildman–Crippen MR) is 94.7 cm³/mol. The van der Waals surface area contributed by atoms with Gasteiger partial charge in [0, 0.05) is 35.3 Å². The van der Waals surface area contributed by atoms with E-state index in [-0.39, 0.29) is 30.6 Å². The molecular weight excluding hydrogens is 367 g/mol. The molecule has 0 radical (unpaired) electrons. The molecule has 1 fully saturated rings. The maximum atomic E-state index is 11.9. The number of hydrogen-bond acceptors (Lipinski definition) is 3. The topological polar surface area (TPSA) is 95.5 Å². The van der Waals surface area contributed by atoms with Crippen LogP contribution < -0.4 is 10.6 Å². The van der Waals surface area contributed by atoms with Gasteiger partial charge in [-0.2, -0.15) is 0 Å². The summed E-state index contributed by atoms with van der Waals surface area (Å²) >= 11 is 11.8. The molecule has 1 unspecified atom stereocenters. The highest BCUT2D eigenvalue weighted by Gasteiger charge is 2.29. The molecule has 0 heterocycles. The van der Waals surface area contributed by atoms with Gasteiger partial charge >= 0.3 is 5.97 Å². The highest BCUT2D eigenvalue weighted by atomic mass is 35.5. The molecule has 1 aromatic rings. The first-order valence-electron chi connectivity index (χ1n) is 8.10. The van der Waals surface area contributed by atoms with E-state index in [2.05, 4.69) is 10.6 Å². The molecule has 0 aromatic heterocycles. The van der Waals surface area contributed by atoms with Crippen LogP contribution in [0.5, 0.6) is 0 Å². The number of nitrogens with one attached hydrogen (secondary N) is 2. The maximum Gasteiger partial charge on any atom is 0.326 e. The molecule has 1 aliphatic carbocycles. The molecule has 25 heavy (non-hydrogen) atoms. The largest absolute Gasteiger partial charge is 0.480 e. The van der Waals surface area contributed by atoms with Gasteiger partial charge in [0.25, 0.3) is 0 Å². The first kappa shape index (κ1) is 19.5. The number of aliphatic carboxylic acids is 1. The number of carbonyl (C=O) groups is 3. The third-order valence-corrected chi connectivity index (χ3v) is 4.26. The highest BCUT2D eigenvalue weighted by Crippen LogP contribution is 2.28. The standard InChI is InChI=1S/C17H20Cl2N2O4/c18-12-6-10(7-13(19)9-12)8-14(17(24)25)21-15(22)2-1-5-20-16(23)11-3-4-11/h6-7,9,11,14H,1-5,8H2,(H,20,23)(H,21,22)(H,24,25). The number of hydrogen-bond donors (Lipinski definition) is 3. The van der Waals surface area contributed by atoms with E-state index in [4.69, 9.17) is 23.2 Å². The second-order valence-corrected chi connectivity index (χ2v) is 6.98. The summed E-state index contributed by atoms with van der Waals surface area (Å²) in [6.07, 6.45) is 2.55. The van der Waals surface area contributed by atoms with E-state index in [1.54, 1.807) is 18.2 Å². The molecule has 1 saturated carbocycles. The smallest absolute Gasteiger partial charge is 0.326 e. The molecule has 8 heteroatoms. The van der Waals surface area contributed by atoms with Crippen LogP contribution in [0.2, 0.25) is 10.0 Å². The Balaban J connectivity index is 1.78. The Kier molecular flexibility index (Phi) is 7.08. The summed E-state index contributed by atoms with van der Waals surface area (Å²) < 4.78 is 0. The van der Waals surface area contributed by atoms with E-state index in [1.165, 1.54) is 0 Å². The summed E-state index contributed by atoms with van der Waals surface area (Å²) in [5.41, 5.74) is 0.627. The van der Waals surface area contributed by atoms with Crippen molar-refractivity contribution in [3.63, 3.8) is 0 Å². The van der Waals surface area contributed by atoms with Crippen molar-refractivity contribution in [2.75, 3.05) is 6.54 Å². The summed E-state index contributed by atoms with van der Waals surface area (Å²) in [6.45, 7) is 0.407. The number of carbonyl (C=O) groups excluding carboxylic acids is 2. The van der Waals surface area contributed by atoms with E-state index in [9.17, 15) is 19.5 Å².